The highest BCUT2D eigenvalue weighted by molar-refractivity contribution is 7.98. The topological polar surface area (TPSA) is 66.5 Å². The van der Waals surface area contributed by atoms with Crippen molar-refractivity contribution in [3.63, 3.8) is 0 Å². The summed E-state index contributed by atoms with van der Waals surface area (Å²) in [5, 5.41) is 2.55. The van der Waals surface area contributed by atoms with Crippen molar-refractivity contribution in [2.24, 2.45) is 0 Å². The summed E-state index contributed by atoms with van der Waals surface area (Å²) in [5.74, 6) is -0.670. The molecule has 1 amide bonds. The first kappa shape index (κ1) is 21.1. The van der Waals surface area contributed by atoms with E-state index in [1.54, 1.807) is 18.2 Å². The number of hydrogen-bond acceptors (Lipinski definition) is 4. The zero-order chi connectivity index (χ0) is 20.2. The van der Waals surface area contributed by atoms with Crippen LogP contribution in [0.15, 0.2) is 53.4 Å². The van der Waals surface area contributed by atoms with Crippen LogP contribution in [0.3, 0.4) is 0 Å². The molecule has 0 bridgehead atoms. The second-order valence-electron chi connectivity index (χ2n) is 5.60. The number of carbonyl (C=O) groups excluding carboxylic acids is 1. The highest BCUT2D eigenvalue weighted by Gasteiger charge is 2.32. The minimum absolute atomic E-state index is 0.236. The second kappa shape index (κ2) is 8.22. The van der Waals surface area contributed by atoms with Crippen molar-refractivity contribution in [3.8, 4) is 0 Å². The molecule has 0 fully saturated rings. The molecule has 0 spiro atoms. The van der Waals surface area contributed by atoms with Gasteiger partial charge in [-0.3, -0.25) is 9.10 Å². The van der Waals surface area contributed by atoms with Crippen molar-refractivity contribution < 1.29 is 26.4 Å². The monoisotopic (exact) mass is 418 g/mol. The van der Waals surface area contributed by atoms with Gasteiger partial charge in [-0.2, -0.15) is 13.2 Å². The molecule has 27 heavy (non-hydrogen) atoms. The Labute approximate surface area is 159 Å². The van der Waals surface area contributed by atoms with Gasteiger partial charge in [0.05, 0.1) is 17.5 Å². The van der Waals surface area contributed by atoms with Gasteiger partial charge in [-0.1, -0.05) is 12.1 Å². The van der Waals surface area contributed by atoms with E-state index in [0.717, 1.165) is 23.3 Å². The summed E-state index contributed by atoms with van der Waals surface area (Å²) in [5.41, 5.74) is -0.772. The number of nitrogens with zero attached hydrogens (tertiary/aromatic N) is 1. The number of carbonyl (C=O) groups is 1. The van der Waals surface area contributed by atoms with Gasteiger partial charge in [0, 0.05) is 10.6 Å². The molecule has 0 aliphatic rings. The highest BCUT2D eigenvalue weighted by Crippen LogP contribution is 2.32. The van der Waals surface area contributed by atoms with Crippen LogP contribution in [0.5, 0.6) is 0 Å². The number of halogens is 3. The van der Waals surface area contributed by atoms with E-state index in [4.69, 9.17) is 0 Å². The van der Waals surface area contributed by atoms with Crippen LogP contribution in [0, 0.1) is 0 Å². The molecule has 10 heteroatoms. The Kier molecular flexibility index (Phi) is 6.42. The van der Waals surface area contributed by atoms with Crippen LogP contribution in [-0.4, -0.2) is 33.4 Å². The van der Waals surface area contributed by atoms with Crippen LogP contribution < -0.4 is 9.62 Å². The third kappa shape index (κ3) is 5.90. The van der Waals surface area contributed by atoms with E-state index in [2.05, 4.69) is 5.32 Å². The molecule has 0 saturated heterocycles. The molecule has 0 heterocycles. The predicted molar refractivity (Wildman–Crippen MR) is 100 cm³/mol. The van der Waals surface area contributed by atoms with Gasteiger partial charge in [-0.15, -0.1) is 11.8 Å². The molecule has 2 rings (SSSR count). The average molecular weight is 418 g/mol. The Balaban J connectivity index is 2.26. The van der Waals surface area contributed by atoms with Gasteiger partial charge < -0.3 is 5.32 Å². The summed E-state index contributed by atoms with van der Waals surface area (Å²) in [6.45, 7) is -0.649. The number of anilines is 2. The molecule has 0 unspecified atom stereocenters. The standard InChI is InChI=1S/C17H17F3N2O3S2/c1-26-15-8-4-6-13(10-15)21-16(23)11-22(27(2,24)25)14-7-3-5-12(9-14)17(18,19)20/h3-10H,11H2,1-2H3,(H,21,23). The van der Waals surface area contributed by atoms with Crippen molar-refractivity contribution in [1.29, 1.82) is 0 Å². The maximum absolute atomic E-state index is 12.9. The molecule has 0 aromatic heterocycles. The number of rotatable bonds is 6. The second-order valence-corrected chi connectivity index (χ2v) is 8.38. The maximum Gasteiger partial charge on any atom is 0.416 e. The van der Waals surface area contributed by atoms with Crippen molar-refractivity contribution >= 4 is 39.1 Å². The van der Waals surface area contributed by atoms with Crippen LogP contribution in [-0.2, 0) is 21.0 Å². The maximum atomic E-state index is 12.9. The van der Waals surface area contributed by atoms with Crippen molar-refractivity contribution in [3.05, 3.63) is 54.1 Å². The van der Waals surface area contributed by atoms with Gasteiger partial charge in [-0.25, -0.2) is 8.42 Å². The van der Waals surface area contributed by atoms with E-state index in [1.807, 2.05) is 12.3 Å². The normalized spacial score (nSPS) is 11.9. The number of benzene rings is 2. The summed E-state index contributed by atoms with van der Waals surface area (Å²) >= 11 is 1.46. The quantitative estimate of drug-likeness (QED) is 0.724. The van der Waals surface area contributed by atoms with Gasteiger partial charge in [-0.05, 0) is 42.7 Å². The number of amides is 1. The van der Waals surface area contributed by atoms with E-state index in [-0.39, 0.29) is 5.69 Å². The van der Waals surface area contributed by atoms with Crippen molar-refractivity contribution in [2.75, 3.05) is 28.7 Å². The molecule has 0 radical (unpaired) electrons. The number of sulfonamides is 1. The first-order chi connectivity index (χ1) is 12.5. The number of thioether (sulfide) groups is 1. The van der Waals surface area contributed by atoms with E-state index >= 15 is 0 Å². The van der Waals surface area contributed by atoms with E-state index in [9.17, 15) is 26.4 Å². The van der Waals surface area contributed by atoms with Crippen LogP contribution in [0.25, 0.3) is 0 Å². The Bertz CT molecular complexity index is 931. The molecule has 0 aliphatic heterocycles. The van der Waals surface area contributed by atoms with E-state index in [0.29, 0.717) is 16.1 Å². The Hall–Kier alpha value is -2.20. The number of nitrogens with one attached hydrogen (secondary N) is 1. The fourth-order valence-electron chi connectivity index (χ4n) is 2.27. The van der Waals surface area contributed by atoms with E-state index < -0.39 is 34.2 Å². The Morgan fingerprint density at radius 1 is 1.15 bits per heavy atom. The van der Waals surface area contributed by atoms with Crippen LogP contribution in [0.4, 0.5) is 24.5 Å². The summed E-state index contributed by atoms with van der Waals surface area (Å²) < 4.78 is 63.4. The lowest BCUT2D eigenvalue weighted by Crippen LogP contribution is -2.37. The molecule has 0 aliphatic carbocycles. The molecule has 0 atom stereocenters. The van der Waals surface area contributed by atoms with Crippen LogP contribution in [0.2, 0.25) is 0 Å². The molecular formula is C17H17F3N2O3S2. The zero-order valence-electron chi connectivity index (χ0n) is 14.4. The number of alkyl halides is 3. The Morgan fingerprint density at radius 3 is 2.41 bits per heavy atom. The molecule has 146 valence electrons. The van der Waals surface area contributed by atoms with Crippen LogP contribution >= 0.6 is 11.8 Å². The summed E-state index contributed by atoms with van der Waals surface area (Å²) in [4.78, 5) is 13.2. The molecule has 0 saturated carbocycles. The minimum Gasteiger partial charge on any atom is -0.324 e. The highest BCUT2D eigenvalue weighted by atomic mass is 32.2. The average Bonchev–Trinajstić information content (AvgIpc) is 2.58. The molecule has 1 N–H and O–H groups in total. The molecular weight excluding hydrogens is 401 g/mol. The number of hydrogen-bond donors (Lipinski definition) is 1. The van der Waals surface area contributed by atoms with Gasteiger partial charge in [0.2, 0.25) is 15.9 Å². The van der Waals surface area contributed by atoms with E-state index in [1.165, 1.54) is 17.8 Å². The van der Waals surface area contributed by atoms with Crippen molar-refractivity contribution in [1.82, 2.24) is 0 Å². The molecule has 2 aromatic rings. The lowest BCUT2D eigenvalue weighted by Gasteiger charge is -2.23. The largest absolute Gasteiger partial charge is 0.416 e. The summed E-state index contributed by atoms with van der Waals surface area (Å²) in [6.07, 6.45) is -1.94. The van der Waals surface area contributed by atoms with Crippen molar-refractivity contribution in [2.45, 2.75) is 11.1 Å². The third-order valence-electron chi connectivity index (χ3n) is 3.50. The van der Waals surface area contributed by atoms with Gasteiger partial charge in [0.1, 0.15) is 6.54 Å². The SMILES string of the molecule is CSc1cccc(NC(=O)CN(c2cccc(C(F)(F)F)c2)S(C)(=O)=O)c1. The lowest BCUT2D eigenvalue weighted by atomic mass is 10.2. The first-order valence-corrected chi connectivity index (χ1v) is 10.7. The predicted octanol–water partition coefficient (Wildman–Crippen LogP) is 3.83. The molecule has 2 aromatic carbocycles. The minimum atomic E-state index is -4.63. The summed E-state index contributed by atoms with van der Waals surface area (Å²) in [7, 11) is -3.98. The molecule has 5 nitrogen and oxygen atoms in total. The Morgan fingerprint density at radius 2 is 1.81 bits per heavy atom. The van der Waals surface area contributed by atoms with Gasteiger partial charge >= 0.3 is 6.18 Å². The lowest BCUT2D eigenvalue weighted by molar-refractivity contribution is -0.137. The van der Waals surface area contributed by atoms with Crippen LogP contribution in [0.1, 0.15) is 5.56 Å². The third-order valence-corrected chi connectivity index (χ3v) is 5.37. The van der Waals surface area contributed by atoms with Gasteiger partial charge in [0.25, 0.3) is 0 Å². The summed E-state index contributed by atoms with van der Waals surface area (Å²) in [6, 6.07) is 10.7. The smallest absolute Gasteiger partial charge is 0.324 e. The fraction of sp³-hybridized carbons (Fsp3) is 0.235. The van der Waals surface area contributed by atoms with Gasteiger partial charge in [0.15, 0.2) is 0 Å². The zero-order valence-corrected chi connectivity index (χ0v) is 16.1. The fourth-order valence-corrected chi connectivity index (χ4v) is 3.58. The first-order valence-electron chi connectivity index (χ1n) is 7.59.